The molecular weight excluding hydrogens is 432 g/mol. The van der Waals surface area contributed by atoms with Crippen LogP contribution in [0.3, 0.4) is 0 Å². The van der Waals surface area contributed by atoms with Gasteiger partial charge < -0.3 is 5.32 Å². The van der Waals surface area contributed by atoms with E-state index in [2.05, 4.69) is 5.32 Å². The Labute approximate surface area is 174 Å². The molecular formula is C19H20N2O7S2. The highest BCUT2D eigenvalue weighted by molar-refractivity contribution is 7.92. The van der Waals surface area contributed by atoms with Crippen LogP contribution in [0.5, 0.6) is 0 Å². The third-order valence-electron chi connectivity index (χ3n) is 4.97. The van der Waals surface area contributed by atoms with Crippen LogP contribution in [-0.2, 0) is 19.7 Å². The van der Waals surface area contributed by atoms with Crippen LogP contribution in [0.4, 0.5) is 11.4 Å². The number of rotatable bonds is 6. The van der Waals surface area contributed by atoms with Crippen molar-refractivity contribution >= 4 is 37.0 Å². The number of anilines is 1. The summed E-state index contributed by atoms with van der Waals surface area (Å²) < 4.78 is 48.8. The van der Waals surface area contributed by atoms with Crippen molar-refractivity contribution in [3.05, 3.63) is 58.1 Å². The van der Waals surface area contributed by atoms with Crippen LogP contribution in [0.25, 0.3) is 0 Å². The molecule has 0 saturated heterocycles. The lowest BCUT2D eigenvalue weighted by Gasteiger charge is -2.12. The van der Waals surface area contributed by atoms with Gasteiger partial charge in [-0.2, -0.15) is 0 Å². The van der Waals surface area contributed by atoms with E-state index in [1.165, 1.54) is 24.3 Å². The maximum absolute atomic E-state index is 12.6. The monoisotopic (exact) mass is 452 g/mol. The summed E-state index contributed by atoms with van der Waals surface area (Å²) in [6.07, 6.45) is 3.93. The molecule has 9 nitrogen and oxygen atoms in total. The van der Waals surface area contributed by atoms with E-state index in [9.17, 15) is 31.7 Å². The minimum Gasteiger partial charge on any atom is -0.322 e. The van der Waals surface area contributed by atoms with Crippen LogP contribution < -0.4 is 5.32 Å². The normalized spacial score (nSPS) is 15.1. The molecule has 0 radical (unpaired) electrons. The molecule has 3 rings (SSSR count). The number of nitro groups is 1. The zero-order valence-corrected chi connectivity index (χ0v) is 17.7. The van der Waals surface area contributed by atoms with E-state index in [-0.39, 0.29) is 21.0 Å². The molecule has 1 aliphatic rings. The Morgan fingerprint density at radius 3 is 2.13 bits per heavy atom. The van der Waals surface area contributed by atoms with E-state index in [1.54, 1.807) is 0 Å². The first-order valence-electron chi connectivity index (χ1n) is 9.13. The van der Waals surface area contributed by atoms with Gasteiger partial charge in [0, 0.05) is 29.6 Å². The van der Waals surface area contributed by atoms with Crippen LogP contribution in [0.2, 0.25) is 0 Å². The van der Waals surface area contributed by atoms with E-state index in [0.717, 1.165) is 37.3 Å². The third kappa shape index (κ3) is 4.68. The SMILES string of the molecule is CS(=O)(=O)c1cc(C(=O)Nc2ccc(S(=O)(=O)C3CCCC3)cc2)cc([N+](=O)[O-])c1. The Kier molecular flexibility index (Phi) is 5.95. The summed E-state index contributed by atoms with van der Waals surface area (Å²) in [5.41, 5.74) is -0.453. The minimum atomic E-state index is -3.77. The summed E-state index contributed by atoms with van der Waals surface area (Å²) in [5.74, 6) is -0.755. The van der Waals surface area contributed by atoms with E-state index in [4.69, 9.17) is 0 Å². The number of nitro benzene ring substituents is 1. The second-order valence-electron chi connectivity index (χ2n) is 7.17. The van der Waals surface area contributed by atoms with Crippen molar-refractivity contribution in [3.8, 4) is 0 Å². The van der Waals surface area contributed by atoms with Gasteiger partial charge in [0.25, 0.3) is 11.6 Å². The molecule has 0 spiro atoms. The molecule has 0 aliphatic heterocycles. The Hall–Kier alpha value is -2.79. The smallest absolute Gasteiger partial charge is 0.271 e. The molecule has 1 saturated carbocycles. The number of benzene rings is 2. The molecule has 1 N–H and O–H groups in total. The fourth-order valence-corrected chi connectivity index (χ4v) is 5.89. The molecule has 1 fully saturated rings. The van der Waals surface area contributed by atoms with Crippen LogP contribution in [0.15, 0.2) is 52.3 Å². The Balaban J connectivity index is 1.84. The number of nitrogens with one attached hydrogen (secondary N) is 1. The van der Waals surface area contributed by atoms with Gasteiger partial charge in [0.05, 0.1) is 20.0 Å². The molecule has 2 aromatic rings. The number of hydrogen-bond acceptors (Lipinski definition) is 7. The third-order valence-corrected chi connectivity index (χ3v) is 8.34. The van der Waals surface area contributed by atoms with Crippen molar-refractivity contribution in [2.45, 2.75) is 40.7 Å². The average Bonchev–Trinajstić information content (AvgIpc) is 3.23. The van der Waals surface area contributed by atoms with Crippen molar-refractivity contribution in [2.24, 2.45) is 0 Å². The van der Waals surface area contributed by atoms with Gasteiger partial charge in [-0.3, -0.25) is 14.9 Å². The van der Waals surface area contributed by atoms with Gasteiger partial charge in [-0.25, -0.2) is 16.8 Å². The fourth-order valence-electron chi connectivity index (χ4n) is 3.36. The highest BCUT2D eigenvalue weighted by Crippen LogP contribution is 2.30. The second kappa shape index (κ2) is 8.15. The number of nitrogens with zero attached hydrogens (tertiary/aromatic N) is 1. The first-order chi connectivity index (χ1) is 14.0. The van der Waals surface area contributed by atoms with Gasteiger partial charge in [0.2, 0.25) is 0 Å². The molecule has 0 aromatic heterocycles. The van der Waals surface area contributed by atoms with Crippen molar-refractivity contribution < 1.29 is 26.6 Å². The fraction of sp³-hybridized carbons (Fsp3) is 0.316. The largest absolute Gasteiger partial charge is 0.322 e. The van der Waals surface area contributed by atoms with Gasteiger partial charge in [-0.15, -0.1) is 0 Å². The lowest BCUT2D eigenvalue weighted by molar-refractivity contribution is -0.385. The zero-order valence-electron chi connectivity index (χ0n) is 16.1. The minimum absolute atomic E-state index is 0.169. The topological polar surface area (TPSA) is 141 Å². The summed E-state index contributed by atoms with van der Waals surface area (Å²) in [6.45, 7) is 0. The number of carbonyl (C=O) groups is 1. The van der Waals surface area contributed by atoms with Gasteiger partial charge in [0.1, 0.15) is 0 Å². The average molecular weight is 453 g/mol. The van der Waals surface area contributed by atoms with Crippen molar-refractivity contribution in [2.75, 3.05) is 11.6 Å². The van der Waals surface area contributed by atoms with E-state index in [0.29, 0.717) is 12.8 Å². The van der Waals surface area contributed by atoms with E-state index < -0.39 is 41.4 Å². The standard InChI is InChI=1S/C19H20N2O7S2/c1-29(25,26)18-11-13(10-15(12-18)21(23)24)19(22)20-14-6-8-17(9-7-14)30(27,28)16-4-2-3-5-16/h6-12,16H,2-5H2,1H3,(H,20,22). The summed E-state index contributed by atoms with van der Waals surface area (Å²) in [6, 6.07) is 8.56. The van der Waals surface area contributed by atoms with Crippen LogP contribution in [0.1, 0.15) is 36.0 Å². The summed E-state index contributed by atoms with van der Waals surface area (Å²) >= 11 is 0. The zero-order chi connectivity index (χ0) is 22.1. The van der Waals surface area contributed by atoms with Crippen molar-refractivity contribution in [1.82, 2.24) is 0 Å². The molecule has 0 bridgehead atoms. The first kappa shape index (κ1) is 21.9. The van der Waals surface area contributed by atoms with Crippen molar-refractivity contribution in [3.63, 3.8) is 0 Å². The first-order valence-corrected chi connectivity index (χ1v) is 12.6. The van der Waals surface area contributed by atoms with Gasteiger partial charge in [-0.1, -0.05) is 12.8 Å². The highest BCUT2D eigenvalue weighted by atomic mass is 32.2. The summed E-state index contributed by atoms with van der Waals surface area (Å²) in [5, 5.41) is 13.2. The summed E-state index contributed by atoms with van der Waals surface area (Å²) in [4.78, 5) is 22.6. The van der Waals surface area contributed by atoms with Gasteiger partial charge >= 0.3 is 0 Å². The molecule has 0 heterocycles. The Morgan fingerprint density at radius 2 is 1.60 bits per heavy atom. The number of carbonyl (C=O) groups excluding carboxylic acids is 1. The number of amides is 1. The van der Waals surface area contributed by atoms with Crippen LogP contribution >= 0.6 is 0 Å². The molecule has 0 atom stereocenters. The number of hydrogen-bond donors (Lipinski definition) is 1. The van der Waals surface area contributed by atoms with Crippen LogP contribution in [-0.4, -0.2) is 39.2 Å². The maximum atomic E-state index is 12.6. The van der Waals surface area contributed by atoms with Crippen LogP contribution in [0, 0.1) is 10.1 Å². The predicted octanol–water partition coefficient (Wildman–Crippen LogP) is 2.97. The van der Waals surface area contributed by atoms with E-state index >= 15 is 0 Å². The molecule has 2 aromatic carbocycles. The maximum Gasteiger partial charge on any atom is 0.271 e. The lowest BCUT2D eigenvalue weighted by atomic mass is 10.2. The Morgan fingerprint density at radius 1 is 1.00 bits per heavy atom. The van der Waals surface area contributed by atoms with Gasteiger partial charge in [0.15, 0.2) is 19.7 Å². The van der Waals surface area contributed by atoms with Crippen molar-refractivity contribution in [1.29, 1.82) is 0 Å². The lowest BCUT2D eigenvalue weighted by Crippen LogP contribution is -2.18. The molecule has 0 unspecified atom stereocenters. The van der Waals surface area contributed by atoms with E-state index in [1.807, 2.05) is 0 Å². The molecule has 11 heteroatoms. The molecule has 30 heavy (non-hydrogen) atoms. The number of sulfone groups is 2. The molecule has 1 aliphatic carbocycles. The molecule has 1 amide bonds. The Bertz CT molecular complexity index is 1200. The summed E-state index contributed by atoms with van der Waals surface area (Å²) in [7, 11) is -7.20. The number of non-ortho nitro benzene ring substituents is 1. The quantitative estimate of drug-likeness (QED) is 0.525. The molecule has 160 valence electrons. The predicted molar refractivity (Wildman–Crippen MR) is 110 cm³/mol. The van der Waals surface area contributed by atoms with Gasteiger partial charge in [-0.05, 0) is 43.2 Å². The second-order valence-corrected chi connectivity index (χ2v) is 11.4. The highest BCUT2D eigenvalue weighted by Gasteiger charge is 2.30.